The summed E-state index contributed by atoms with van der Waals surface area (Å²) in [5.41, 5.74) is 4.29. The number of likely N-dealkylation sites (N-methyl/N-ethyl adjacent to an activating group) is 2. The molecule has 8 nitrogen and oxygen atoms in total. The highest BCUT2D eigenvalue weighted by Gasteiger charge is 2.30. The standard InChI is InChI=1S/C28H31N5O3/c1-18(2)22-8-6-7-9-23(22)26-29-15-21-14-24(34)33(27(21)30-26)16-19-10-12-20(13-11-19)28(36)32(5)17-25(35)31(3)4/h6-13,15,18H,14,16-17H2,1-5H3. The third kappa shape index (κ3) is 5.12. The van der Waals surface area contributed by atoms with Crippen LogP contribution in [0.1, 0.15) is 46.8 Å². The van der Waals surface area contributed by atoms with Gasteiger partial charge >= 0.3 is 0 Å². The van der Waals surface area contributed by atoms with Gasteiger partial charge in [0.1, 0.15) is 5.82 Å². The van der Waals surface area contributed by atoms with Crippen molar-refractivity contribution in [1.82, 2.24) is 19.8 Å². The zero-order chi connectivity index (χ0) is 26.0. The Hall–Kier alpha value is -4.07. The molecule has 8 heteroatoms. The molecule has 36 heavy (non-hydrogen) atoms. The number of hydrogen-bond donors (Lipinski definition) is 0. The fraction of sp³-hybridized carbons (Fsp3) is 0.321. The number of amides is 3. The van der Waals surface area contributed by atoms with E-state index < -0.39 is 0 Å². The summed E-state index contributed by atoms with van der Waals surface area (Å²) in [4.78, 5) is 51.3. The summed E-state index contributed by atoms with van der Waals surface area (Å²) in [5, 5.41) is 0. The number of benzene rings is 2. The molecule has 186 valence electrons. The summed E-state index contributed by atoms with van der Waals surface area (Å²) in [6.45, 7) is 4.62. The van der Waals surface area contributed by atoms with Gasteiger partial charge in [0, 0.05) is 44.0 Å². The number of fused-ring (bicyclic) bond motifs is 1. The van der Waals surface area contributed by atoms with Crippen molar-refractivity contribution in [1.29, 1.82) is 0 Å². The second-order valence-electron chi connectivity index (χ2n) is 9.59. The predicted molar refractivity (Wildman–Crippen MR) is 139 cm³/mol. The Labute approximate surface area is 211 Å². The van der Waals surface area contributed by atoms with Gasteiger partial charge in [-0.3, -0.25) is 19.3 Å². The summed E-state index contributed by atoms with van der Waals surface area (Å²) in [6, 6.07) is 15.2. The van der Waals surface area contributed by atoms with Crippen molar-refractivity contribution >= 4 is 23.5 Å². The molecule has 0 saturated carbocycles. The molecule has 3 amide bonds. The van der Waals surface area contributed by atoms with Crippen LogP contribution in [-0.4, -0.2) is 65.2 Å². The third-order valence-electron chi connectivity index (χ3n) is 6.32. The molecule has 0 atom stereocenters. The molecule has 0 radical (unpaired) electrons. The summed E-state index contributed by atoms with van der Waals surface area (Å²) in [5.74, 6) is 1.14. The Morgan fingerprint density at radius 2 is 1.72 bits per heavy atom. The molecule has 2 aromatic carbocycles. The highest BCUT2D eigenvalue weighted by atomic mass is 16.2. The molecule has 1 aliphatic heterocycles. The minimum atomic E-state index is -0.236. The lowest BCUT2D eigenvalue weighted by molar-refractivity contribution is -0.129. The molecule has 1 aliphatic rings. The van der Waals surface area contributed by atoms with E-state index in [0.717, 1.165) is 22.3 Å². The van der Waals surface area contributed by atoms with Gasteiger partial charge in [-0.25, -0.2) is 9.97 Å². The molecule has 0 fully saturated rings. The third-order valence-corrected chi connectivity index (χ3v) is 6.32. The Bertz CT molecular complexity index is 1300. The van der Waals surface area contributed by atoms with Crippen LogP contribution in [0.25, 0.3) is 11.4 Å². The van der Waals surface area contributed by atoms with Crippen molar-refractivity contribution in [3.05, 3.63) is 77.0 Å². The fourth-order valence-corrected chi connectivity index (χ4v) is 4.20. The summed E-state index contributed by atoms with van der Waals surface area (Å²) < 4.78 is 0. The van der Waals surface area contributed by atoms with Crippen LogP contribution in [-0.2, 0) is 22.6 Å². The van der Waals surface area contributed by atoms with Crippen LogP contribution < -0.4 is 4.90 Å². The van der Waals surface area contributed by atoms with Crippen molar-refractivity contribution in [2.45, 2.75) is 32.7 Å². The topological polar surface area (TPSA) is 86.7 Å². The zero-order valence-corrected chi connectivity index (χ0v) is 21.4. The lowest BCUT2D eigenvalue weighted by atomic mass is 9.97. The second-order valence-corrected chi connectivity index (χ2v) is 9.59. The monoisotopic (exact) mass is 485 g/mol. The molecule has 2 heterocycles. The summed E-state index contributed by atoms with van der Waals surface area (Å²) in [6.07, 6.45) is 2.02. The van der Waals surface area contributed by atoms with E-state index in [4.69, 9.17) is 4.98 Å². The molecule has 0 saturated heterocycles. The van der Waals surface area contributed by atoms with Gasteiger partial charge in [0.2, 0.25) is 11.8 Å². The van der Waals surface area contributed by atoms with Crippen LogP contribution in [0.2, 0.25) is 0 Å². The van der Waals surface area contributed by atoms with Crippen LogP contribution >= 0.6 is 0 Å². The van der Waals surface area contributed by atoms with Gasteiger partial charge in [0.15, 0.2) is 5.82 Å². The lowest BCUT2D eigenvalue weighted by Crippen LogP contribution is -2.37. The molecule has 0 unspecified atom stereocenters. The highest BCUT2D eigenvalue weighted by Crippen LogP contribution is 2.32. The first-order valence-corrected chi connectivity index (χ1v) is 12.0. The van der Waals surface area contributed by atoms with E-state index in [0.29, 0.717) is 29.7 Å². The number of rotatable bonds is 7. The second kappa shape index (κ2) is 10.3. The molecule has 1 aromatic heterocycles. The molecule has 0 spiro atoms. The quantitative estimate of drug-likeness (QED) is 0.511. The van der Waals surface area contributed by atoms with Crippen LogP contribution in [0.4, 0.5) is 5.82 Å². The van der Waals surface area contributed by atoms with Crippen molar-refractivity contribution < 1.29 is 14.4 Å². The normalized spacial score (nSPS) is 12.6. The summed E-state index contributed by atoms with van der Waals surface area (Å²) >= 11 is 0. The van der Waals surface area contributed by atoms with Crippen molar-refractivity contribution in [3.63, 3.8) is 0 Å². The molecular weight excluding hydrogens is 454 g/mol. The number of hydrogen-bond acceptors (Lipinski definition) is 5. The average molecular weight is 486 g/mol. The van der Waals surface area contributed by atoms with E-state index in [1.807, 2.05) is 30.3 Å². The average Bonchev–Trinajstić information content (AvgIpc) is 3.17. The molecule has 0 N–H and O–H groups in total. The van der Waals surface area contributed by atoms with Crippen LogP contribution in [0.5, 0.6) is 0 Å². The minimum absolute atomic E-state index is 0.00856. The fourth-order valence-electron chi connectivity index (χ4n) is 4.20. The van der Waals surface area contributed by atoms with Crippen LogP contribution in [0.3, 0.4) is 0 Å². The molecule has 3 aromatic rings. The maximum Gasteiger partial charge on any atom is 0.254 e. The Morgan fingerprint density at radius 3 is 2.39 bits per heavy atom. The first-order valence-electron chi connectivity index (χ1n) is 12.0. The highest BCUT2D eigenvalue weighted by molar-refractivity contribution is 6.00. The number of anilines is 1. The predicted octanol–water partition coefficient (Wildman–Crippen LogP) is 3.52. The SMILES string of the molecule is CC(C)c1ccccc1-c1ncc2c(n1)N(Cc1ccc(C(=O)N(C)CC(=O)N(C)C)cc1)C(=O)C2. The number of carbonyl (C=O) groups is 3. The Morgan fingerprint density at radius 1 is 1.03 bits per heavy atom. The lowest BCUT2D eigenvalue weighted by Gasteiger charge is -2.20. The van der Waals surface area contributed by atoms with E-state index in [9.17, 15) is 14.4 Å². The van der Waals surface area contributed by atoms with E-state index in [1.54, 1.807) is 44.4 Å². The molecule has 4 rings (SSSR count). The molecule has 0 bridgehead atoms. The first-order chi connectivity index (χ1) is 17.2. The molecular formula is C28H31N5O3. The van der Waals surface area contributed by atoms with E-state index in [2.05, 4.69) is 24.9 Å². The first kappa shape index (κ1) is 25.0. The molecule has 0 aliphatic carbocycles. The van der Waals surface area contributed by atoms with E-state index in [1.165, 1.54) is 9.80 Å². The van der Waals surface area contributed by atoms with E-state index >= 15 is 0 Å². The largest absolute Gasteiger partial charge is 0.347 e. The Kier molecular flexibility index (Phi) is 7.15. The summed E-state index contributed by atoms with van der Waals surface area (Å²) in [7, 11) is 4.92. The van der Waals surface area contributed by atoms with Gasteiger partial charge in [-0.05, 0) is 29.2 Å². The number of nitrogens with zero attached hydrogens (tertiary/aromatic N) is 5. The van der Waals surface area contributed by atoms with Crippen molar-refractivity contribution in [2.24, 2.45) is 0 Å². The van der Waals surface area contributed by atoms with Crippen molar-refractivity contribution in [3.8, 4) is 11.4 Å². The van der Waals surface area contributed by atoms with Gasteiger partial charge in [0.25, 0.3) is 5.91 Å². The van der Waals surface area contributed by atoms with Gasteiger partial charge in [-0.15, -0.1) is 0 Å². The van der Waals surface area contributed by atoms with Crippen LogP contribution in [0.15, 0.2) is 54.7 Å². The van der Waals surface area contributed by atoms with Gasteiger partial charge in [0.05, 0.1) is 19.5 Å². The minimum Gasteiger partial charge on any atom is -0.347 e. The van der Waals surface area contributed by atoms with Crippen LogP contribution in [0, 0.1) is 0 Å². The maximum absolute atomic E-state index is 12.8. The number of carbonyl (C=O) groups excluding carboxylic acids is 3. The van der Waals surface area contributed by atoms with Crippen molar-refractivity contribution in [2.75, 3.05) is 32.6 Å². The smallest absolute Gasteiger partial charge is 0.254 e. The van der Waals surface area contributed by atoms with Gasteiger partial charge < -0.3 is 9.80 Å². The van der Waals surface area contributed by atoms with Gasteiger partial charge in [-0.1, -0.05) is 50.2 Å². The maximum atomic E-state index is 12.8. The van der Waals surface area contributed by atoms with Gasteiger partial charge in [-0.2, -0.15) is 0 Å². The van der Waals surface area contributed by atoms with E-state index in [-0.39, 0.29) is 30.7 Å². The number of aromatic nitrogens is 2. The Balaban J connectivity index is 1.53. The zero-order valence-electron chi connectivity index (χ0n) is 21.4.